The number of anilines is 1. The monoisotopic (exact) mass is 670 g/mol. The minimum absolute atomic E-state index is 0.0161. The molecule has 4 fully saturated rings. The summed E-state index contributed by atoms with van der Waals surface area (Å²) in [7, 11) is 0. The second-order valence-corrected chi connectivity index (χ2v) is 15.0. The lowest BCUT2D eigenvalue weighted by molar-refractivity contribution is 0.0647. The van der Waals surface area contributed by atoms with Gasteiger partial charge in [0.25, 0.3) is 5.92 Å². The van der Waals surface area contributed by atoms with Crippen molar-refractivity contribution in [1.82, 2.24) is 25.2 Å². The summed E-state index contributed by atoms with van der Waals surface area (Å²) in [5.41, 5.74) is -0.311. The summed E-state index contributed by atoms with van der Waals surface area (Å²) in [5.74, 6) is -0.714. The number of aromatic nitrogens is 3. The fourth-order valence-electron chi connectivity index (χ4n) is 9.45. The molecular weight excluding hydrogens is 632 g/mol. The van der Waals surface area contributed by atoms with Crippen molar-refractivity contribution in [3.63, 3.8) is 0 Å². The number of hydrogen-bond donors (Lipinski definition) is 1. The van der Waals surface area contributed by atoms with Gasteiger partial charge in [0, 0.05) is 49.1 Å². The van der Waals surface area contributed by atoms with Gasteiger partial charge in [-0.1, -0.05) is 44.0 Å². The highest BCUT2D eigenvalue weighted by Crippen LogP contribution is 2.69. The molecular formula is C38H38F4N6O. The smallest absolute Gasteiger partial charge is 0.319 e. The fraction of sp³-hybridized carbons (Fsp3) is 0.500. The molecule has 2 aromatic carbocycles. The van der Waals surface area contributed by atoms with Crippen LogP contribution in [-0.4, -0.2) is 76.2 Å². The molecule has 5 atom stereocenters. The van der Waals surface area contributed by atoms with E-state index in [0.717, 1.165) is 32.4 Å². The average Bonchev–Trinajstić information content (AvgIpc) is 3.30. The van der Waals surface area contributed by atoms with Crippen LogP contribution in [-0.2, 0) is 6.42 Å². The molecule has 49 heavy (non-hydrogen) atoms. The van der Waals surface area contributed by atoms with Crippen LogP contribution in [0.15, 0.2) is 30.3 Å². The zero-order valence-corrected chi connectivity index (χ0v) is 27.6. The topological polar surface area (TPSA) is 66.4 Å². The van der Waals surface area contributed by atoms with Gasteiger partial charge in [0.1, 0.15) is 29.5 Å². The number of benzene rings is 2. The maximum atomic E-state index is 17.2. The molecule has 11 heteroatoms. The van der Waals surface area contributed by atoms with Crippen LogP contribution in [0.1, 0.15) is 57.2 Å². The summed E-state index contributed by atoms with van der Waals surface area (Å²) in [6, 6.07) is 8.54. The molecule has 0 bridgehead atoms. The molecule has 1 aliphatic carbocycles. The number of halogens is 4. The van der Waals surface area contributed by atoms with E-state index >= 15 is 8.78 Å². The molecule has 1 spiro atoms. The SMILES string of the molecule is C#Cc1c(F)ccc2cccc(-c3nc4c5c(nc(OC[C@@]67CCCN6C[C@@]6(CC6(F)F)C7)nc5c3F)N3C[C@@H](CC)NC[C@@H]3[C@@H](C)C4)c12. The minimum Gasteiger partial charge on any atom is -0.461 e. The lowest BCUT2D eigenvalue weighted by Crippen LogP contribution is -2.58. The number of pyridine rings is 1. The number of nitrogens with one attached hydrogen (secondary N) is 1. The first-order chi connectivity index (χ1) is 23.6. The van der Waals surface area contributed by atoms with Crippen molar-refractivity contribution in [1.29, 1.82) is 0 Å². The Morgan fingerprint density at radius 3 is 2.71 bits per heavy atom. The van der Waals surface area contributed by atoms with E-state index < -0.39 is 28.5 Å². The molecule has 0 radical (unpaired) electrons. The zero-order chi connectivity index (χ0) is 33.9. The quantitative estimate of drug-likeness (QED) is 0.192. The van der Waals surface area contributed by atoms with E-state index in [9.17, 15) is 8.78 Å². The Balaban J connectivity index is 1.21. The van der Waals surface area contributed by atoms with E-state index in [4.69, 9.17) is 26.1 Å². The molecule has 9 rings (SSSR count). The maximum absolute atomic E-state index is 17.2. The Morgan fingerprint density at radius 2 is 1.94 bits per heavy atom. The van der Waals surface area contributed by atoms with E-state index in [0.29, 0.717) is 59.2 Å². The van der Waals surface area contributed by atoms with Crippen molar-refractivity contribution in [3.05, 3.63) is 53.2 Å². The van der Waals surface area contributed by atoms with Gasteiger partial charge >= 0.3 is 6.01 Å². The van der Waals surface area contributed by atoms with Crippen LogP contribution in [0, 0.1) is 35.3 Å². The van der Waals surface area contributed by atoms with Crippen LogP contribution < -0.4 is 15.0 Å². The molecule has 2 aromatic heterocycles. The van der Waals surface area contributed by atoms with Crippen molar-refractivity contribution >= 4 is 27.5 Å². The lowest BCUT2D eigenvalue weighted by atomic mass is 9.89. The molecule has 0 unspecified atom stereocenters. The largest absolute Gasteiger partial charge is 0.461 e. The standard InChI is InChI=1S/C38H38F4N6O/c1-4-23-16-48-28(15-43-23)21(3)14-27-30-33(31(40)32(44-27)25-9-6-8-22-10-11-26(39)24(5-2)29(22)25)45-35(46-34(30)48)49-20-37-12-7-13-47(37)19-36(17-37)18-38(36,41)42/h2,6,8-11,21,23,28,43H,4,7,12-20H2,1,3H3/t21-,23+,28+,36-,37-/m0/s1. The number of terminal acetylenes is 1. The van der Waals surface area contributed by atoms with E-state index in [1.807, 2.05) is 6.07 Å². The normalized spacial score (nSPS) is 30.0. The van der Waals surface area contributed by atoms with Gasteiger partial charge in [-0.15, -0.1) is 6.42 Å². The predicted molar refractivity (Wildman–Crippen MR) is 180 cm³/mol. The highest BCUT2D eigenvalue weighted by atomic mass is 19.3. The third-order valence-corrected chi connectivity index (χ3v) is 12.2. The molecule has 4 aromatic rings. The average molecular weight is 671 g/mol. The number of piperazine rings is 1. The number of ether oxygens (including phenoxy) is 1. The Labute approximate surface area is 282 Å². The van der Waals surface area contributed by atoms with Gasteiger partial charge in [0.15, 0.2) is 5.82 Å². The van der Waals surface area contributed by atoms with Crippen LogP contribution in [0.5, 0.6) is 6.01 Å². The molecule has 254 valence electrons. The van der Waals surface area contributed by atoms with Crippen molar-refractivity contribution in [2.45, 2.75) is 75.9 Å². The van der Waals surface area contributed by atoms with Crippen molar-refractivity contribution in [2.24, 2.45) is 11.3 Å². The summed E-state index contributed by atoms with van der Waals surface area (Å²) in [5, 5.41) is 5.29. The number of nitrogens with zero attached hydrogens (tertiary/aromatic N) is 5. The van der Waals surface area contributed by atoms with Crippen molar-refractivity contribution in [3.8, 4) is 29.6 Å². The Kier molecular flexibility index (Phi) is 6.80. The molecule has 7 nitrogen and oxygen atoms in total. The van der Waals surface area contributed by atoms with Crippen molar-refractivity contribution < 1.29 is 22.3 Å². The molecule has 1 N–H and O–H groups in total. The first kappa shape index (κ1) is 31.0. The molecule has 6 heterocycles. The Bertz CT molecular complexity index is 2080. The van der Waals surface area contributed by atoms with Crippen LogP contribution in [0.3, 0.4) is 0 Å². The molecule has 5 aliphatic rings. The summed E-state index contributed by atoms with van der Waals surface area (Å²) in [6.07, 6.45) is 9.19. The van der Waals surface area contributed by atoms with E-state index in [1.54, 1.807) is 18.2 Å². The molecule has 3 saturated heterocycles. The lowest BCUT2D eigenvalue weighted by Gasteiger charge is -2.42. The Hall–Kier alpha value is -4.01. The van der Waals surface area contributed by atoms with Gasteiger partial charge in [-0.3, -0.25) is 4.90 Å². The van der Waals surface area contributed by atoms with Gasteiger partial charge in [0.2, 0.25) is 0 Å². The van der Waals surface area contributed by atoms with Crippen LogP contribution in [0.4, 0.5) is 23.4 Å². The van der Waals surface area contributed by atoms with Gasteiger partial charge in [-0.05, 0) is 56.0 Å². The Morgan fingerprint density at radius 1 is 1.10 bits per heavy atom. The van der Waals surface area contributed by atoms with Crippen LogP contribution in [0.25, 0.3) is 32.9 Å². The summed E-state index contributed by atoms with van der Waals surface area (Å²) in [6.45, 7) is 6.96. The first-order valence-corrected chi connectivity index (χ1v) is 17.4. The summed E-state index contributed by atoms with van der Waals surface area (Å²) >= 11 is 0. The van der Waals surface area contributed by atoms with Crippen LogP contribution in [0.2, 0.25) is 0 Å². The highest BCUT2D eigenvalue weighted by Gasteiger charge is 2.77. The van der Waals surface area contributed by atoms with Gasteiger partial charge in [-0.2, -0.15) is 9.97 Å². The van der Waals surface area contributed by atoms with E-state index in [1.165, 1.54) is 6.07 Å². The van der Waals surface area contributed by atoms with E-state index in [2.05, 4.69) is 34.9 Å². The third-order valence-electron chi connectivity index (χ3n) is 12.2. The molecule has 4 aliphatic heterocycles. The van der Waals surface area contributed by atoms with Crippen LogP contribution >= 0.6 is 0 Å². The number of rotatable bonds is 5. The first-order valence-electron chi connectivity index (χ1n) is 17.4. The van der Waals surface area contributed by atoms with Gasteiger partial charge < -0.3 is 15.0 Å². The van der Waals surface area contributed by atoms with Gasteiger partial charge in [-0.25, -0.2) is 22.5 Å². The zero-order valence-electron chi connectivity index (χ0n) is 27.6. The van der Waals surface area contributed by atoms with Gasteiger partial charge in [0.05, 0.1) is 27.6 Å². The fourth-order valence-corrected chi connectivity index (χ4v) is 9.45. The number of hydrogen-bond acceptors (Lipinski definition) is 7. The second kappa shape index (κ2) is 10.7. The second-order valence-electron chi connectivity index (χ2n) is 15.0. The maximum Gasteiger partial charge on any atom is 0.319 e. The highest BCUT2D eigenvalue weighted by molar-refractivity contribution is 6.02. The molecule has 0 amide bonds. The minimum atomic E-state index is -2.65. The molecule has 1 saturated carbocycles. The summed E-state index contributed by atoms with van der Waals surface area (Å²) < 4.78 is 67.7. The number of alkyl halides is 2. The number of fused-ring (bicyclic) bond motifs is 4. The van der Waals surface area contributed by atoms with E-state index in [-0.39, 0.29) is 53.8 Å². The third kappa shape index (κ3) is 4.52. The predicted octanol–water partition coefficient (Wildman–Crippen LogP) is 6.50. The summed E-state index contributed by atoms with van der Waals surface area (Å²) in [4.78, 5) is 19.1. The van der Waals surface area contributed by atoms with Crippen molar-refractivity contribution in [2.75, 3.05) is 37.7 Å².